The molecule has 0 radical (unpaired) electrons. The first-order valence-electron chi connectivity index (χ1n) is 5.97. The summed E-state index contributed by atoms with van der Waals surface area (Å²) in [5, 5.41) is 2.78. The fraction of sp³-hybridized carbons (Fsp3) is 0.833. The minimum atomic E-state index is -0.748. The number of rotatable bonds is 4. The van der Waals surface area contributed by atoms with E-state index in [2.05, 4.69) is 5.32 Å². The first-order chi connectivity index (χ1) is 7.89. The summed E-state index contributed by atoms with van der Waals surface area (Å²) >= 11 is 0. The molecular formula is C12H22N2O3. The number of ether oxygens (including phenoxy) is 1. The van der Waals surface area contributed by atoms with E-state index < -0.39 is 5.54 Å². The predicted molar refractivity (Wildman–Crippen MR) is 64.5 cm³/mol. The number of amides is 2. The maximum absolute atomic E-state index is 12.1. The summed E-state index contributed by atoms with van der Waals surface area (Å²) in [7, 11) is 1.62. The van der Waals surface area contributed by atoms with E-state index in [9.17, 15) is 9.59 Å². The molecule has 1 saturated heterocycles. The van der Waals surface area contributed by atoms with Crippen LogP contribution in [0.3, 0.4) is 0 Å². The number of piperazine rings is 1. The Morgan fingerprint density at radius 1 is 1.59 bits per heavy atom. The smallest absolute Gasteiger partial charge is 0.245 e. The standard InChI is InChI=1S/C12H22N2O3/c1-9(8-17-4)7-10(15)14-6-5-13-11(16)12(14,2)3/h9H,5-8H2,1-4H3,(H,13,16). The fourth-order valence-corrected chi connectivity index (χ4v) is 2.09. The lowest BCUT2D eigenvalue weighted by Crippen LogP contribution is -2.63. The van der Waals surface area contributed by atoms with Gasteiger partial charge in [0.2, 0.25) is 11.8 Å². The highest BCUT2D eigenvalue weighted by Crippen LogP contribution is 2.20. The van der Waals surface area contributed by atoms with Crippen LogP contribution in [-0.4, -0.2) is 49.1 Å². The molecule has 1 heterocycles. The van der Waals surface area contributed by atoms with Crippen molar-refractivity contribution in [1.82, 2.24) is 10.2 Å². The lowest BCUT2D eigenvalue weighted by molar-refractivity contribution is -0.149. The van der Waals surface area contributed by atoms with Gasteiger partial charge in [-0.25, -0.2) is 0 Å². The fourth-order valence-electron chi connectivity index (χ4n) is 2.09. The number of hydrogen-bond donors (Lipinski definition) is 1. The highest BCUT2D eigenvalue weighted by Gasteiger charge is 2.40. The molecule has 1 unspecified atom stereocenters. The van der Waals surface area contributed by atoms with Crippen LogP contribution < -0.4 is 5.32 Å². The predicted octanol–water partition coefficient (Wildman–Crippen LogP) is 0.396. The van der Waals surface area contributed by atoms with E-state index >= 15 is 0 Å². The average Bonchev–Trinajstić information content (AvgIpc) is 2.22. The molecule has 0 aromatic carbocycles. The van der Waals surface area contributed by atoms with Gasteiger partial charge in [-0.15, -0.1) is 0 Å². The largest absolute Gasteiger partial charge is 0.384 e. The van der Waals surface area contributed by atoms with Crippen LogP contribution in [0.2, 0.25) is 0 Å². The molecule has 1 aliphatic heterocycles. The minimum absolute atomic E-state index is 0.0226. The monoisotopic (exact) mass is 242 g/mol. The average molecular weight is 242 g/mol. The Morgan fingerprint density at radius 3 is 2.82 bits per heavy atom. The van der Waals surface area contributed by atoms with Gasteiger partial charge < -0.3 is 15.0 Å². The van der Waals surface area contributed by atoms with Crippen molar-refractivity contribution in [2.24, 2.45) is 5.92 Å². The molecule has 5 heteroatoms. The van der Waals surface area contributed by atoms with Crippen molar-refractivity contribution in [3.05, 3.63) is 0 Å². The molecule has 17 heavy (non-hydrogen) atoms. The molecular weight excluding hydrogens is 220 g/mol. The Hall–Kier alpha value is -1.10. The highest BCUT2D eigenvalue weighted by molar-refractivity contribution is 5.91. The van der Waals surface area contributed by atoms with Crippen LogP contribution in [0.15, 0.2) is 0 Å². The van der Waals surface area contributed by atoms with Crippen LogP contribution in [0.4, 0.5) is 0 Å². The van der Waals surface area contributed by atoms with Crippen molar-refractivity contribution in [3.8, 4) is 0 Å². The van der Waals surface area contributed by atoms with Gasteiger partial charge in [-0.1, -0.05) is 6.92 Å². The zero-order chi connectivity index (χ0) is 13.1. The zero-order valence-corrected chi connectivity index (χ0v) is 11.1. The minimum Gasteiger partial charge on any atom is -0.384 e. The van der Waals surface area contributed by atoms with Gasteiger partial charge in [-0.05, 0) is 19.8 Å². The third kappa shape index (κ3) is 3.19. The summed E-state index contributed by atoms with van der Waals surface area (Å²) in [6.07, 6.45) is 0.421. The summed E-state index contributed by atoms with van der Waals surface area (Å²) < 4.78 is 5.01. The van der Waals surface area contributed by atoms with Gasteiger partial charge >= 0.3 is 0 Å². The molecule has 0 bridgehead atoms. The van der Waals surface area contributed by atoms with Gasteiger partial charge in [0, 0.05) is 33.2 Å². The SMILES string of the molecule is COCC(C)CC(=O)N1CCNC(=O)C1(C)C. The van der Waals surface area contributed by atoms with Gasteiger partial charge in [-0.3, -0.25) is 9.59 Å². The summed E-state index contributed by atoms with van der Waals surface area (Å²) in [6.45, 7) is 7.20. The third-order valence-electron chi connectivity index (χ3n) is 3.13. The topological polar surface area (TPSA) is 58.6 Å². The number of carbonyl (C=O) groups is 2. The van der Waals surface area contributed by atoms with Crippen LogP contribution in [-0.2, 0) is 14.3 Å². The van der Waals surface area contributed by atoms with Crippen molar-refractivity contribution >= 4 is 11.8 Å². The number of carbonyl (C=O) groups excluding carboxylic acids is 2. The second-order valence-corrected chi connectivity index (χ2v) is 5.12. The third-order valence-corrected chi connectivity index (χ3v) is 3.13. The summed E-state index contributed by atoms with van der Waals surface area (Å²) in [6, 6.07) is 0. The van der Waals surface area contributed by atoms with Gasteiger partial charge in [0.15, 0.2) is 0 Å². The number of nitrogens with one attached hydrogen (secondary N) is 1. The molecule has 1 aliphatic rings. The molecule has 1 rings (SSSR count). The van der Waals surface area contributed by atoms with Crippen LogP contribution in [0.5, 0.6) is 0 Å². The molecule has 1 N–H and O–H groups in total. The molecule has 0 aliphatic carbocycles. The Balaban J connectivity index is 2.64. The number of hydrogen-bond acceptors (Lipinski definition) is 3. The van der Waals surface area contributed by atoms with E-state index in [4.69, 9.17) is 4.74 Å². The van der Waals surface area contributed by atoms with E-state index in [0.717, 1.165) is 0 Å². The molecule has 0 aromatic heterocycles. The normalized spacial score (nSPS) is 20.9. The Labute approximate surface area is 102 Å². The van der Waals surface area contributed by atoms with Gasteiger partial charge in [-0.2, -0.15) is 0 Å². The first-order valence-corrected chi connectivity index (χ1v) is 5.97. The molecule has 5 nitrogen and oxygen atoms in total. The lowest BCUT2D eigenvalue weighted by Gasteiger charge is -2.41. The molecule has 0 saturated carbocycles. The molecule has 1 fully saturated rings. The van der Waals surface area contributed by atoms with E-state index in [1.54, 1.807) is 25.9 Å². The number of nitrogens with zero attached hydrogens (tertiary/aromatic N) is 1. The summed E-state index contributed by atoms with van der Waals surface area (Å²) in [5.41, 5.74) is -0.748. The van der Waals surface area contributed by atoms with Crippen LogP contribution >= 0.6 is 0 Å². The quantitative estimate of drug-likeness (QED) is 0.776. The van der Waals surface area contributed by atoms with Crippen molar-refractivity contribution in [1.29, 1.82) is 0 Å². The van der Waals surface area contributed by atoms with Crippen molar-refractivity contribution in [2.45, 2.75) is 32.7 Å². The van der Waals surface area contributed by atoms with Gasteiger partial charge in [0.25, 0.3) is 0 Å². The number of methoxy groups -OCH3 is 1. The van der Waals surface area contributed by atoms with Gasteiger partial charge in [0.05, 0.1) is 0 Å². The van der Waals surface area contributed by atoms with Crippen LogP contribution in [0.25, 0.3) is 0 Å². The van der Waals surface area contributed by atoms with Gasteiger partial charge in [0.1, 0.15) is 5.54 Å². The summed E-state index contributed by atoms with van der Waals surface area (Å²) in [5.74, 6) is 0.110. The maximum Gasteiger partial charge on any atom is 0.245 e. The van der Waals surface area contributed by atoms with E-state index in [0.29, 0.717) is 26.1 Å². The van der Waals surface area contributed by atoms with Crippen LogP contribution in [0, 0.1) is 5.92 Å². The Morgan fingerprint density at radius 2 is 2.24 bits per heavy atom. The molecule has 0 spiro atoms. The van der Waals surface area contributed by atoms with Crippen molar-refractivity contribution < 1.29 is 14.3 Å². The maximum atomic E-state index is 12.1. The summed E-state index contributed by atoms with van der Waals surface area (Å²) in [4.78, 5) is 25.5. The molecule has 0 aromatic rings. The van der Waals surface area contributed by atoms with E-state index in [1.807, 2.05) is 6.92 Å². The lowest BCUT2D eigenvalue weighted by atomic mass is 9.97. The highest BCUT2D eigenvalue weighted by atomic mass is 16.5. The first kappa shape index (κ1) is 14.0. The molecule has 98 valence electrons. The van der Waals surface area contributed by atoms with E-state index in [1.165, 1.54) is 0 Å². The van der Waals surface area contributed by atoms with Crippen molar-refractivity contribution in [3.63, 3.8) is 0 Å². The zero-order valence-electron chi connectivity index (χ0n) is 11.1. The second-order valence-electron chi connectivity index (χ2n) is 5.12. The van der Waals surface area contributed by atoms with Crippen molar-refractivity contribution in [2.75, 3.05) is 26.8 Å². The molecule has 2 amide bonds. The van der Waals surface area contributed by atoms with E-state index in [-0.39, 0.29) is 17.7 Å². The van der Waals surface area contributed by atoms with Crippen LogP contribution in [0.1, 0.15) is 27.2 Å². The Bertz CT molecular complexity index is 302. The Kier molecular flexibility index (Phi) is 4.51. The second kappa shape index (κ2) is 5.49. The molecule has 1 atom stereocenters.